The van der Waals surface area contributed by atoms with Crippen LogP contribution in [0.1, 0.15) is 30.1 Å². The highest BCUT2D eigenvalue weighted by Gasteiger charge is 2.17. The van der Waals surface area contributed by atoms with Crippen molar-refractivity contribution in [3.05, 3.63) is 34.3 Å². The highest BCUT2D eigenvalue weighted by atomic mass is 79.9. The van der Waals surface area contributed by atoms with Gasteiger partial charge in [-0.05, 0) is 31.5 Å². The van der Waals surface area contributed by atoms with Crippen LogP contribution in [0.4, 0.5) is 0 Å². The Balaban J connectivity index is 2.69. The first-order valence-corrected chi connectivity index (χ1v) is 8.07. The van der Waals surface area contributed by atoms with Gasteiger partial charge in [-0.1, -0.05) is 22.0 Å². The number of hydrogen-bond donors (Lipinski definition) is 0. The van der Waals surface area contributed by atoms with E-state index in [1.807, 2.05) is 19.1 Å². The fourth-order valence-electron chi connectivity index (χ4n) is 1.95. The van der Waals surface area contributed by atoms with Crippen LogP contribution in [0.15, 0.2) is 28.7 Å². The zero-order valence-electron chi connectivity index (χ0n) is 13.0. The number of carbonyl (C=O) groups is 2. The maximum Gasteiger partial charge on any atom is 0.307 e. The summed E-state index contributed by atoms with van der Waals surface area (Å²) in [6, 6.07) is 7.22. The molecule has 1 rings (SSSR count). The molecule has 0 aromatic heterocycles. The largest absolute Gasteiger partial charge is 0.469 e. The summed E-state index contributed by atoms with van der Waals surface area (Å²) in [6.07, 6.45) is 0.916. The Morgan fingerprint density at radius 3 is 2.68 bits per heavy atom. The van der Waals surface area contributed by atoms with Gasteiger partial charge in [0.25, 0.3) is 5.91 Å². The van der Waals surface area contributed by atoms with Crippen molar-refractivity contribution in [1.29, 1.82) is 0 Å². The lowest BCUT2D eigenvalue weighted by atomic mass is 10.2. The Morgan fingerprint density at radius 1 is 1.27 bits per heavy atom. The number of ether oxygens (including phenoxy) is 2. The van der Waals surface area contributed by atoms with Gasteiger partial charge in [-0.15, -0.1) is 0 Å². The van der Waals surface area contributed by atoms with Crippen LogP contribution in [-0.4, -0.2) is 50.2 Å². The molecule has 6 heteroatoms. The van der Waals surface area contributed by atoms with Crippen molar-refractivity contribution in [3.8, 4) is 0 Å². The number of halogens is 1. The van der Waals surface area contributed by atoms with Crippen molar-refractivity contribution in [3.63, 3.8) is 0 Å². The second-order valence-electron chi connectivity index (χ2n) is 4.68. The molecule has 5 nitrogen and oxygen atoms in total. The molecule has 1 aromatic carbocycles. The third kappa shape index (κ3) is 6.58. The first kappa shape index (κ1) is 18.6. The van der Waals surface area contributed by atoms with E-state index in [1.54, 1.807) is 17.0 Å². The fraction of sp³-hybridized carbons (Fsp3) is 0.500. The molecule has 0 saturated carbocycles. The predicted molar refractivity (Wildman–Crippen MR) is 87.8 cm³/mol. The summed E-state index contributed by atoms with van der Waals surface area (Å²) in [5, 5.41) is 0. The van der Waals surface area contributed by atoms with Gasteiger partial charge in [0.15, 0.2) is 0 Å². The third-order valence-corrected chi connectivity index (χ3v) is 3.59. The standard InChI is InChI=1S/C16H22BrNO4/c1-3-22-11-5-9-18(10-8-15(19)21-2)16(20)13-6-4-7-14(17)12-13/h4,6-7,12H,3,5,8-11H2,1-2H3. The first-order valence-electron chi connectivity index (χ1n) is 7.28. The Bertz CT molecular complexity index is 493. The van der Waals surface area contributed by atoms with Crippen LogP contribution in [0.5, 0.6) is 0 Å². The number of carbonyl (C=O) groups excluding carboxylic acids is 2. The quantitative estimate of drug-likeness (QED) is 0.494. The summed E-state index contributed by atoms with van der Waals surface area (Å²) in [4.78, 5) is 25.6. The molecule has 122 valence electrons. The number of nitrogens with zero attached hydrogens (tertiary/aromatic N) is 1. The molecule has 0 aliphatic heterocycles. The van der Waals surface area contributed by atoms with Crippen molar-refractivity contribution >= 4 is 27.8 Å². The first-order chi connectivity index (χ1) is 10.6. The summed E-state index contributed by atoms with van der Waals surface area (Å²) < 4.78 is 10.8. The molecule has 0 radical (unpaired) electrons. The van der Waals surface area contributed by atoms with E-state index >= 15 is 0 Å². The Labute approximate surface area is 139 Å². The minimum absolute atomic E-state index is 0.0956. The third-order valence-electron chi connectivity index (χ3n) is 3.09. The van der Waals surface area contributed by atoms with Crippen LogP contribution in [0, 0.1) is 0 Å². The van der Waals surface area contributed by atoms with Crippen LogP contribution in [-0.2, 0) is 14.3 Å². The minimum atomic E-state index is -0.322. The van der Waals surface area contributed by atoms with E-state index in [0.29, 0.717) is 31.9 Å². The SMILES string of the molecule is CCOCCCN(CCC(=O)OC)C(=O)c1cccc(Br)c1. The summed E-state index contributed by atoms with van der Waals surface area (Å²) in [5.41, 5.74) is 0.593. The van der Waals surface area contributed by atoms with Crippen LogP contribution in [0.2, 0.25) is 0 Å². The van der Waals surface area contributed by atoms with Gasteiger partial charge < -0.3 is 14.4 Å². The zero-order valence-corrected chi connectivity index (χ0v) is 14.6. The van der Waals surface area contributed by atoms with Crippen molar-refractivity contribution in [2.75, 3.05) is 33.4 Å². The smallest absolute Gasteiger partial charge is 0.307 e. The average Bonchev–Trinajstić information content (AvgIpc) is 2.53. The zero-order chi connectivity index (χ0) is 16.4. The fourth-order valence-corrected chi connectivity index (χ4v) is 2.35. The predicted octanol–water partition coefficient (Wildman–Crippen LogP) is 2.88. The van der Waals surface area contributed by atoms with E-state index in [2.05, 4.69) is 20.7 Å². The normalized spacial score (nSPS) is 10.3. The van der Waals surface area contributed by atoms with E-state index in [-0.39, 0.29) is 18.3 Å². The molecule has 0 fully saturated rings. The van der Waals surface area contributed by atoms with Gasteiger partial charge in [0, 0.05) is 36.3 Å². The number of methoxy groups -OCH3 is 1. The van der Waals surface area contributed by atoms with Crippen LogP contribution < -0.4 is 0 Å². The Kier molecular flexibility index (Phi) is 8.77. The lowest BCUT2D eigenvalue weighted by Gasteiger charge is -2.22. The summed E-state index contributed by atoms with van der Waals surface area (Å²) in [6.45, 7) is 4.06. The van der Waals surface area contributed by atoms with Gasteiger partial charge in [-0.25, -0.2) is 0 Å². The van der Waals surface area contributed by atoms with Gasteiger partial charge in [0.05, 0.1) is 13.5 Å². The molecule has 0 unspecified atom stereocenters. The highest BCUT2D eigenvalue weighted by molar-refractivity contribution is 9.10. The topological polar surface area (TPSA) is 55.8 Å². The lowest BCUT2D eigenvalue weighted by Crippen LogP contribution is -2.34. The van der Waals surface area contributed by atoms with Gasteiger partial charge >= 0.3 is 5.97 Å². The molecule has 0 atom stereocenters. The van der Waals surface area contributed by atoms with E-state index in [9.17, 15) is 9.59 Å². The maximum absolute atomic E-state index is 12.6. The number of hydrogen-bond acceptors (Lipinski definition) is 4. The van der Waals surface area contributed by atoms with Crippen LogP contribution >= 0.6 is 15.9 Å². The molecule has 1 aromatic rings. The monoisotopic (exact) mass is 371 g/mol. The van der Waals surface area contributed by atoms with Gasteiger partial charge in [0.2, 0.25) is 0 Å². The maximum atomic E-state index is 12.6. The van der Waals surface area contributed by atoms with Gasteiger partial charge in [-0.2, -0.15) is 0 Å². The molecule has 0 bridgehead atoms. The molecular formula is C16H22BrNO4. The Hall–Kier alpha value is -1.40. The minimum Gasteiger partial charge on any atom is -0.469 e. The molecule has 0 aliphatic rings. The molecule has 0 spiro atoms. The molecule has 0 saturated heterocycles. The molecule has 22 heavy (non-hydrogen) atoms. The van der Waals surface area contributed by atoms with Gasteiger partial charge in [0.1, 0.15) is 0 Å². The van der Waals surface area contributed by atoms with Crippen molar-refractivity contribution < 1.29 is 19.1 Å². The number of esters is 1. The highest BCUT2D eigenvalue weighted by Crippen LogP contribution is 2.14. The Morgan fingerprint density at radius 2 is 2.05 bits per heavy atom. The van der Waals surface area contributed by atoms with E-state index < -0.39 is 0 Å². The summed E-state index contributed by atoms with van der Waals surface area (Å²) in [5.74, 6) is -0.418. The van der Waals surface area contributed by atoms with E-state index in [4.69, 9.17) is 4.74 Å². The van der Waals surface area contributed by atoms with E-state index in [1.165, 1.54) is 7.11 Å². The second-order valence-corrected chi connectivity index (χ2v) is 5.59. The van der Waals surface area contributed by atoms with Crippen molar-refractivity contribution in [2.24, 2.45) is 0 Å². The van der Waals surface area contributed by atoms with Crippen molar-refractivity contribution in [1.82, 2.24) is 4.90 Å². The molecule has 0 heterocycles. The number of rotatable bonds is 9. The lowest BCUT2D eigenvalue weighted by molar-refractivity contribution is -0.140. The summed E-state index contributed by atoms with van der Waals surface area (Å²) in [7, 11) is 1.35. The van der Waals surface area contributed by atoms with Crippen LogP contribution in [0.3, 0.4) is 0 Å². The molecular weight excluding hydrogens is 350 g/mol. The van der Waals surface area contributed by atoms with Crippen molar-refractivity contribution in [2.45, 2.75) is 19.8 Å². The molecule has 0 aliphatic carbocycles. The van der Waals surface area contributed by atoms with Crippen LogP contribution in [0.25, 0.3) is 0 Å². The van der Waals surface area contributed by atoms with Gasteiger partial charge in [-0.3, -0.25) is 9.59 Å². The average molecular weight is 372 g/mol. The second kappa shape index (κ2) is 10.3. The molecule has 1 amide bonds. The molecule has 0 N–H and O–H groups in total. The number of benzene rings is 1. The number of amides is 1. The summed E-state index contributed by atoms with van der Waals surface area (Å²) >= 11 is 3.36. The van der Waals surface area contributed by atoms with E-state index in [0.717, 1.165) is 10.9 Å².